The second-order valence-electron chi connectivity index (χ2n) is 3.38. The van der Waals surface area contributed by atoms with Crippen LogP contribution >= 0.6 is 23.7 Å². The van der Waals surface area contributed by atoms with Gasteiger partial charge in [-0.3, -0.25) is 0 Å². The number of hydrogen-bond donors (Lipinski definition) is 2. The van der Waals surface area contributed by atoms with Gasteiger partial charge in [0.2, 0.25) is 0 Å². The minimum atomic E-state index is -0.381. The molecule has 0 spiro atoms. The molecule has 2 rings (SSSR count). The average molecular weight is 267 g/mol. The zero-order chi connectivity index (χ0) is 11.5. The molecule has 0 radical (unpaired) electrons. The summed E-state index contributed by atoms with van der Waals surface area (Å²) in [4.78, 5) is 0.963. The molecular weight excluding hydrogens is 256 g/mol. The van der Waals surface area contributed by atoms with Crippen LogP contribution in [0.25, 0.3) is 0 Å². The third-order valence-electron chi connectivity index (χ3n) is 2.34. The maximum atomic E-state index is 9.71. The predicted octanol–water partition coefficient (Wildman–Crippen LogP) is 2.80. The lowest BCUT2D eigenvalue weighted by molar-refractivity contribution is 0.465. The highest BCUT2D eigenvalue weighted by molar-refractivity contribution is 7.10. The van der Waals surface area contributed by atoms with Crippen LogP contribution in [0.3, 0.4) is 0 Å². The first-order chi connectivity index (χ1) is 7.72. The van der Waals surface area contributed by atoms with Crippen molar-refractivity contribution in [2.75, 3.05) is 0 Å². The fourth-order valence-corrected chi connectivity index (χ4v) is 2.24. The van der Waals surface area contributed by atoms with Crippen molar-refractivity contribution in [3.8, 4) is 11.8 Å². The van der Waals surface area contributed by atoms with Gasteiger partial charge in [0.15, 0.2) is 0 Å². The molecule has 0 amide bonds. The molecule has 3 nitrogen and oxygen atoms in total. The molecule has 1 atom stereocenters. The van der Waals surface area contributed by atoms with Gasteiger partial charge in [0.1, 0.15) is 5.75 Å². The van der Waals surface area contributed by atoms with Crippen molar-refractivity contribution < 1.29 is 5.11 Å². The highest BCUT2D eigenvalue weighted by atomic mass is 35.5. The highest BCUT2D eigenvalue weighted by Crippen LogP contribution is 2.30. The first-order valence-electron chi connectivity index (χ1n) is 4.74. The minimum Gasteiger partial charge on any atom is -0.508 e. The van der Waals surface area contributed by atoms with E-state index in [0.717, 1.165) is 4.88 Å². The van der Waals surface area contributed by atoms with E-state index in [0.29, 0.717) is 11.1 Å². The number of nitrogens with zero attached hydrogens (tertiary/aromatic N) is 1. The molecule has 0 bridgehead atoms. The smallest absolute Gasteiger partial charge is 0.120 e. The molecule has 88 valence electrons. The normalized spacial score (nSPS) is 11.3. The van der Waals surface area contributed by atoms with Crippen LogP contribution in [0.15, 0.2) is 35.7 Å². The van der Waals surface area contributed by atoms with Gasteiger partial charge in [-0.05, 0) is 29.6 Å². The van der Waals surface area contributed by atoms with Crippen molar-refractivity contribution in [3.63, 3.8) is 0 Å². The summed E-state index contributed by atoms with van der Waals surface area (Å²) in [5.74, 6) is 0.125. The Morgan fingerprint density at radius 1 is 1.35 bits per heavy atom. The van der Waals surface area contributed by atoms with E-state index < -0.39 is 0 Å². The van der Waals surface area contributed by atoms with Crippen molar-refractivity contribution in [1.82, 2.24) is 0 Å². The minimum absolute atomic E-state index is 0. The van der Waals surface area contributed by atoms with Gasteiger partial charge in [0.05, 0.1) is 17.7 Å². The molecule has 2 aromatic rings. The molecule has 0 aliphatic rings. The van der Waals surface area contributed by atoms with Gasteiger partial charge in [0, 0.05) is 10.4 Å². The van der Waals surface area contributed by atoms with Crippen molar-refractivity contribution in [3.05, 3.63) is 51.7 Å². The largest absolute Gasteiger partial charge is 0.508 e. The topological polar surface area (TPSA) is 70.0 Å². The summed E-state index contributed by atoms with van der Waals surface area (Å²) in [6, 6.07) is 10.2. The van der Waals surface area contributed by atoms with E-state index in [4.69, 9.17) is 11.0 Å². The Balaban J connectivity index is 0.00000144. The fourth-order valence-electron chi connectivity index (χ4n) is 1.49. The number of hydrogen-bond acceptors (Lipinski definition) is 4. The number of aromatic hydroxyl groups is 1. The summed E-state index contributed by atoms with van der Waals surface area (Å²) in [5, 5.41) is 20.4. The van der Waals surface area contributed by atoms with Gasteiger partial charge >= 0.3 is 0 Å². The third-order valence-corrected chi connectivity index (χ3v) is 3.30. The number of phenolic OH excluding ortho intramolecular Hbond substituents is 1. The molecule has 1 aromatic carbocycles. The van der Waals surface area contributed by atoms with Gasteiger partial charge in [0.25, 0.3) is 0 Å². The van der Waals surface area contributed by atoms with E-state index in [1.54, 1.807) is 12.1 Å². The van der Waals surface area contributed by atoms with Gasteiger partial charge in [-0.25, -0.2) is 0 Å². The number of phenols is 1. The molecule has 0 aliphatic heterocycles. The van der Waals surface area contributed by atoms with E-state index >= 15 is 0 Å². The summed E-state index contributed by atoms with van der Waals surface area (Å²) in [6.45, 7) is 0. The van der Waals surface area contributed by atoms with Crippen LogP contribution in [0.2, 0.25) is 0 Å². The summed E-state index contributed by atoms with van der Waals surface area (Å²) in [6.07, 6.45) is 0. The maximum absolute atomic E-state index is 9.71. The summed E-state index contributed by atoms with van der Waals surface area (Å²) >= 11 is 1.53. The fraction of sp³-hybridized carbons (Fsp3) is 0.0833. The van der Waals surface area contributed by atoms with Crippen LogP contribution in [0.1, 0.15) is 22.0 Å². The number of benzene rings is 1. The van der Waals surface area contributed by atoms with E-state index in [1.165, 1.54) is 17.4 Å². The second kappa shape index (κ2) is 5.69. The monoisotopic (exact) mass is 266 g/mol. The zero-order valence-electron chi connectivity index (χ0n) is 8.83. The van der Waals surface area contributed by atoms with Gasteiger partial charge in [-0.15, -0.1) is 23.7 Å². The molecule has 1 heterocycles. The summed E-state index contributed by atoms with van der Waals surface area (Å²) in [5.41, 5.74) is 7.11. The Morgan fingerprint density at radius 3 is 2.71 bits per heavy atom. The van der Waals surface area contributed by atoms with E-state index in [-0.39, 0.29) is 24.2 Å². The predicted molar refractivity (Wildman–Crippen MR) is 70.4 cm³/mol. The van der Waals surface area contributed by atoms with Gasteiger partial charge in [-0.1, -0.05) is 6.07 Å². The Bertz CT molecular complexity index is 534. The molecule has 0 fully saturated rings. The lowest BCUT2D eigenvalue weighted by atomic mass is 10.0. The highest BCUT2D eigenvalue weighted by Gasteiger charge is 2.14. The van der Waals surface area contributed by atoms with E-state index in [9.17, 15) is 5.11 Å². The number of halogens is 1. The van der Waals surface area contributed by atoms with Crippen LogP contribution in [0.5, 0.6) is 5.75 Å². The standard InChI is InChI=1S/C12H10N2OS.ClH/c13-7-8-3-4-10(15)9(6-8)12(14)11-2-1-5-16-11;/h1-6,12,15H,14H2;1H/t12-;/m1./s1. The Labute approximate surface area is 110 Å². The molecule has 0 unspecified atom stereocenters. The number of thiophene rings is 1. The van der Waals surface area contributed by atoms with Crippen molar-refractivity contribution in [1.29, 1.82) is 5.26 Å². The van der Waals surface area contributed by atoms with Crippen LogP contribution in [-0.2, 0) is 0 Å². The molecule has 17 heavy (non-hydrogen) atoms. The molecule has 0 saturated carbocycles. The molecular formula is C12H11ClN2OS. The summed E-state index contributed by atoms with van der Waals surface area (Å²) in [7, 11) is 0. The Hall–Kier alpha value is -1.54. The maximum Gasteiger partial charge on any atom is 0.120 e. The van der Waals surface area contributed by atoms with Crippen LogP contribution < -0.4 is 5.73 Å². The van der Waals surface area contributed by atoms with Crippen molar-refractivity contribution >= 4 is 23.7 Å². The van der Waals surface area contributed by atoms with Gasteiger partial charge in [-0.2, -0.15) is 5.26 Å². The van der Waals surface area contributed by atoms with Gasteiger partial charge < -0.3 is 10.8 Å². The number of nitrogens with two attached hydrogens (primary N) is 1. The van der Waals surface area contributed by atoms with Crippen LogP contribution in [0.4, 0.5) is 0 Å². The summed E-state index contributed by atoms with van der Waals surface area (Å²) < 4.78 is 0. The Morgan fingerprint density at radius 2 is 2.12 bits per heavy atom. The first-order valence-corrected chi connectivity index (χ1v) is 5.62. The lowest BCUT2D eigenvalue weighted by Gasteiger charge is -2.12. The number of nitriles is 1. The molecule has 1 aromatic heterocycles. The average Bonchev–Trinajstić information content (AvgIpc) is 2.82. The van der Waals surface area contributed by atoms with Crippen LogP contribution in [-0.4, -0.2) is 5.11 Å². The second-order valence-corrected chi connectivity index (χ2v) is 4.36. The van der Waals surface area contributed by atoms with E-state index in [2.05, 4.69) is 0 Å². The number of rotatable bonds is 2. The van der Waals surface area contributed by atoms with Crippen molar-refractivity contribution in [2.45, 2.75) is 6.04 Å². The van der Waals surface area contributed by atoms with Crippen LogP contribution in [0, 0.1) is 11.3 Å². The SMILES string of the molecule is Cl.N#Cc1ccc(O)c([C@@H](N)c2cccs2)c1. The third kappa shape index (κ3) is 2.77. The van der Waals surface area contributed by atoms with Crippen molar-refractivity contribution in [2.24, 2.45) is 5.73 Å². The zero-order valence-corrected chi connectivity index (χ0v) is 10.5. The van der Waals surface area contributed by atoms with E-state index in [1.807, 2.05) is 23.6 Å². The molecule has 5 heteroatoms. The first kappa shape index (κ1) is 13.5. The lowest BCUT2D eigenvalue weighted by Crippen LogP contribution is -2.10. The molecule has 0 aliphatic carbocycles. The molecule has 3 N–H and O–H groups in total. The quantitative estimate of drug-likeness (QED) is 0.878. The Kier molecular flexibility index (Phi) is 4.53. The molecule has 0 saturated heterocycles.